The molecule has 0 spiro atoms. The maximum Gasteiger partial charge on any atom is 0.134 e. The lowest BCUT2D eigenvalue weighted by molar-refractivity contribution is 0.190. The van der Waals surface area contributed by atoms with Crippen molar-refractivity contribution in [3.05, 3.63) is 5.69 Å². The molecule has 2 fully saturated rings. The number of fused-ring (bicyclic) bond motifs is 2. The summed E-state index contributed by atoms with van der Waals surface area (Å²) in [5, 5.41) is 1.24. The number of nitrogens with zero attached hydrogens (tertiary/aromatic N) is 3. The maximum atomic E-state index is 4.69. The zero-order valence-corrected chi connectivity index (χ0v) is 14.9. The Morgan fingerprint density at radius 3 is 3.00 bits per heavy atom. The Labute approximate surface area is 137 Å². The van der Waals surface area contributed by atoms with Gasteiger partial charge in [0.1, 0.15) is 5.03 Å². The van der Waals surface area contributed by atoms with E-state index in [2.05, 4.69) is 23.1 Å². The minimum atomic E-state index is 0.638. The highest BCUT2D eigenvalue weighted by molar-refractivity contribution is 7.99. The van der Waals surface area contributed by atoms with Gasteiger partial charge in [-0.3, -0.25) is 4.90 Å². The zero-order valence-electron chi connectivity index (χ0n) is 13.3. The van der Waals surface area contributed by atoms with Crippen LogP contribution in [0.15, 0.2) is 5.03 Å². The molecule has 2 saturated heterocycles. The first-order chi connectivity index (χ1) is 10.3. The first-order valence-corrected chi connectivity index (χ1v) is 10.2. The number of aromatic nitrogens is 2. The molecule has 0 N–H and O–H groups in total. The van der Waals surface area contributed by atoms with E-state index < -0.39 is 0 Å². The minimum absolute atomic E-state index is 0.638. The highest BCUT2D eigenvalue weighted by atomic mass is 32.2. The van der Waals surface area contributed by atoms with Crippen molar-refractivity contribution < 1.29 is 0 Å². The topological polar surface area (TPSA) is 29.0 Å². The molecular weight excluding hydrogens is 298 g/mol. The van der Waals surface area contributed by atoms with Crippen LogP contribution in [0.4, 0.5) is 0 Å². The molecule has 3 heterocycles. The first-order valence-electron chi connectivity index (χ1n) is 8.50. The summed E-state index contributed by atoms with van der Waals surface area (Å²) in [5.41, 5.74) is 1.32. The second-order valence-electron chi connectivity index (χ2n) is 6.51. The Bertz CT molecular complexity index is 448. The highest BCUT2D eigenvalue weighted by Gasteiger charge is 2.43. The average Bonchev–Trinajstić information content (AvgIpc) is 2.98. The van der Waals surface area contributed by atoms with Crippen LogP contribution in [-0.2, 0) is 0 Å². The standard InChI is InChI=1S/C16H27N3S2/c1-3-4-5-6-10-20-16-15(17-21-18-16)14-11-19-9-7-8-13(14)12(19)2/h12-14H,3-11H2,1-2H3. The van der Waals surface area contributed by atoms with E-state index in [0.717, 1.165) is 12.0 Å². The third-order valence-corrected chi connectivity index (χ3v) is 6.92. The smallest absolute Gasteiger partial charge is 0.134 e. The highest BCUT2D eigenvalue weighted by Crippen LogP contribution is 2.44. The van der Waals surface area contributed by atoms with Gasteiger partial charge in [-0.1, -0.05) is 26.2 Å². The third kappa shape index (κ3) is 3.45. The molecule has 2 aliphatic heterocycles. The van der Waals surface area contributed by atoms with Crippen LogP contribution in [-0.4, -0.2) is 38.5 Å². The van der Waals surface area contributed by atoms with Crippen LogP contribution in [0.1, 0.15) is 64.0 Å². The quantitative estimate of drug-likeness (QED) is 0.548. The van der Waals surface area contributed by atoms with E-state index in [1.54, 1.807) is 0 Å². The molecule has 5 heteroatoms. The summed E-state index contributed by atoms with van der Waals surface area (Å²) in [6.45, 7) is 7.16. The second kappa shape index (κ2) is 7.42. The SMILES string of the molecule is CCCCCCSc1nsnc1C1CN2CCCC1C2C. The van der Waals surface area contributed by atoms with Crippen molar-refractivity contribution in [2.75, 3.05) is 18.8 Å². The molecule has 1 aromatic rings. The molecule has 2 aliphatic rings. The Morgan fingerprint density at radius 2 is 2.19 bits per heavy atom. The molecule has 2 bridgehead atoms. The van der Waals surface area contributed by atoms with Gasteiger partial charge in [0.25, 0.3) is 0 Å². The monoisotopic (exact) mass is 325 g/mol. The van der Waals surface area contributed by atoms with Crippen molar-refractivity contribution in [1.82, 2.24) is 13.6 Å². The molecule has 1 aromatic heterocycles. The molecule has 0 saturated carbocycles. The van der Waals surface area contributed by atoms with E-state index in [1.165, 1.54) is 79.8 Å². The molecule has 0 amide bonds. The first kappa shape index (κ1) is 15.8. The molecule has 4 atom stereocenters. The van der Waals surface area contributed by atoms with Gasteiger partial charge in [-0.05, 0) is 44.4 Å². The van der Waals surface area contributed by atoms with Crippen LogP contribution >= 0.6 is 23.5 Å². The summed E-state index contributed by atoms with van der Waals surface area (Å²) in [7, 11) is 0. The molecule has 0 aromatic carbocycles. The van der Waals surface area contributed by atoms with E-state index in [1.807, 2.05) is 11.8 Å². The summed E-state index contributed by atoms with van der Waals surface area (Å²) in [4.78, 5) is 2.66. The molecule has 21 heavy (non-hydrogen) atoms. The Hall–Kier alpha value is -0.130. The summed E-state index contributed by atoms with van der Waals surface area (Å²) >= 11 is 3.36. The van der Waals surface area contributed by atoms with Crippen molar-refractivity contribution in [3.8, 4) is 0 Å². The zero-order chi connectivity index (χ0) is 14.7. The van der Waals surface area contributed by atoms with Crippen LogP contribution in [0.5, 0.6) is 0 Å². The van der Waals surface area contributed by atoms with E-state index in [0.29, 0.717) is 5.92 Å². The summed E-state index contributed by atoms with van der Waals surface area (Å²) in [6.07, 6.45) is 8.08. The number of hydrogen-bond donors (Lipinski definition) is 0. The van der Waals surface area contributed by atoms with Crippen molar-refractivity contribution in [1.29, 1.82) is 0 Å². The number of unbranched alkanes of at least 4 members (excludes halogenated alkanes) is 3. The fourth-order valence-electron chi connectivity index (χ4n) is 3.93. The van der Waals surface area contributed by atoms with E-state index in [-0.39, 0.29) is 0 Å². The largest absolute Gasteiger partial charge is 0.300 e. The van der Waals surface area contributed by atoms with Crippen LogP contribution in [0, 0.1) is 5.92 Å². The van der Waals surface area contributed by atoms with Gasteiger partial charge >= 0.3 is 0 Å². The Balaban J connectivity index is 1.60. The minimum Gasteiger partial charge on any atom is -0.300 e. The van der Waals surface area contributed by atoms with E-state index in [9.17, 15) is 0 Å². The summed E-state index contributed by atoms with van der Waals surface area (Å²) in [6, 6.07) is 0.743. The predicted molar refractivity (Wildman–Crippen MR) is 91.3 cm³/mol. The lowest BCUT2D eigenvalue weighted by Crippen LogP contribution is -2.34. The normalized spacial score (nSPS) is 31.7. The van der Waals surface area contributed by atoms with Crippen molar-refractivity contribution in [2.45, 2.75) is 69.4 Å². The number of piperidine rings is 1. The van der Waals surface area contributed by atoms with Crippen LogP contribution in [0.3, 0.4) is 0 Å². The molecule has 3 nitrogen and oxygen atoms in total. The fourth-order valence-corrected chi connectivity index (χ4v) is 5.70. The average molecular weight is 326 g/mol. The predicted octanol–water partition coefficient (Wildman–Crippen LogP) is 4.41. The van der Waals surface area contributed by atoms with Crippen molar-refractivity contribution in [3.63, 3.8) is 0 Å². The van der Waals surface area contributed by atoms with Gasteiger partial charge in [0.2, 0.25) is 0 Å². The van der Waals surface area contributed by atoms with Gasteiger partial charge < -0.3 is 0 Å². The van der Waals surface area contributed by atoms with Gasteiger partial charge in [-0.2, -0.15) is 8.75 Å². The Morgan fingerprint density at radius 1 is 1.29 bits per heavy atom. The maximum absolute atomic E-state index is 4.69. The molecule has 3 rings (SSSR count). The molecular formula is C16H27N3S2. The molecule has 0 aliphatic carbocycles. The van der Waals surface area contributed by atoms with Crippen LogP contribution in [0.2, 0.25) is 0 Å². The summed E-state index contributed by atoms with van der Waals surface area (Å²) in [5.74, 6) is 2.65. The van der Waals surface area contributed by atoms with E-state index in [4.69, 9.17) is 4.37 Å². The van der Waals surface area contributed by atoms with Gasteiger partial charge in [0, 0.05) is 18.5 Å². The van der Waals surface area contributed by atoms with Gasteiger partial charge in [0.05, 0.1) is 17.4 Å². The third-order valence-electron chi connectivity index (χ3n) is 5.20. The lowest BCUT2D eigenvalue weighted by Gasteiger charge is -2.30. The molecule has 0 radical (unpaired) electrons. The number of hydrogen-bond acceptors (Lipinski definition) is 5. The summed E-state index contributed by atoms with van der Waals surface area (Å²) < 4.78 is 9.28. The van der Waals surface area contributed by atoms with Crippen molar-refractivity contribution in [2.24, 2.45) is 5.92 Å². The van der Waals surface area contributed by atoms with Gasteiger partial charge in [0.15, 0.2) is 0 Å². The van der Waals surface area contributed by atoms with Gasteiger partial charge in [-0.15, -0.1) is 11.8 Å². The number of rotatable bonds is 7. The van der Waals surface area contributed by atoms with Gasteiger partial charge in [-0.25, -0.2) is 0 Å². The lowest BCUT2D eigenvalue weighted by atomic mass is 9.84. The van der Waals surface area contributed by atoms with Crippen LogP contribution < -0.4 is 0 Å². The fraction of sp³-hybridized carbons (Fsp3) is 0.875. The Kier molecular flexibility index (Phi) is 5.57. The molecule has 118 valence electrons. The molecule has 4 unspecified atom stereocenters. The second-order valence-corrected chi connectivity index (χ2v) is 8.12. The number of thioether (sulfide) groups is 1. The van der Waals surface area contributed by atoms with Crippen LogP contribution in [0.25, 0.3) is 0 Å². The van der Waals surface area contributed by atoms with Crippen molar-refractivity contribution >= 4 is 23.5 Å². The van der Waals surface area contributed by atoms with E-state index >= 15 is 0 Å².